The van der Waals surface area contributed by atoms with Crippen molar-refractivity contribution in [1.29, 1.82) is 0 Å². The first kappa shape index (κ1) is 16.0. The van der Waals surface area contributed by atoms with Crippen molar-refractivity contribution in [3.05, 3.63) is 0 Å². The van der Waals surface area contributed by atoms with Crippen LogP contribution in [0, 0.1) is 5.92 Å². The molecule has 4 N–H and O–H groups in total. The molecule has 0 spiro atoms. The summed E-state index contributed by atoms with van der Waals surface area (Å²) in [4.78, 5) is 23.3. The summed E-state index contributed by atoms with van der Waals surface area (Å²) < 4.78 is 0. The molecule has 0 aromatic heterocycles. The highest BCUT2D eigenvalue weighted by atomic mass is 16.2. The molecule has 2 atom stereocenters. The van der Waals surface area contributed by atoms with Gasteiger partial charge in [0.05, 0.1) is 0 Å². The van der Waals surface area contributed by atoms with Crippen molar-refractivity contribution in [2.45, 2.75) is 64.5 Å². The third-order valence-electron chi connectivity index (χ3n) is 3.82. The summed E-state index contributed by atoms with van der Waals surface area (Å²) in [6.07, 6.45) is 6.19. The van der Waals surface area contributed by atoms with Crippen LogP contribution in [0.5, 0.6) is 0 Å². The van der Waals surface area contributed by atoms with Gasteiger partial charge in [-0.3, -0.25) is 9.59 Å². The smallest absolute Gasteiger partial charge is 0.224 e. The first-order valence-electron chi connectivity index (χ1n) is 7.33. The summed E-state index contributed by atoms with van der Waals surface area (Å²) in [7, 11) is 0. The quantitative estimate of drug-likeness (QED) is 0.670. The van der Waals surface area contributed by atoms with Crippen molar-refractivity contribution in [2.75, 3.05) is 6.54 Å². The molecule has 1 aliphatic rings. The van der Waals surface area contributed by atoms with Crippen molar-refractivity contribution in [3.63, 3.8) is 0 Å². The van der Waals surface area contributed by atoms with E-state index in [0.29, 0.717) is 19.0 Å². The molecule has 1 saturated carbocycles. The summed E-state index contributed by atoms with van der Waals surface area (Å²) in [6.45, 7) is 3.98. The lowest BCUT2D eigenvalue weighted by Gasteiger charge is -2.22. The van der Waals surface area contributed by atoms with E-state index in [9.17, 15) is 9.59 Å². The Morgan fingerprint density at radius 3 is 2.42 bits per heavy atom. The van der Waals surface area contributed by atoms with Gasteiger partial charge in [-0.25, -0.2) is 0 Å². The molecule has 0 saturated heterocycles. The van der Waals surface area contributed by atoms with Crippen LogP contribution in [0.1, 0.15) is 52.4 Å². The number of hydrogen-bond donors (Lipinski definition) is 3. The van der Waals surface area contributed by atoms with Crippen LogP contribution in [0.4, 0.5) is 0 Å². The maximum absolute atomic E-state index is 11.7. The number of nitrogens with two attached hydrogens (primary N) is 1. The molecule has 19 heavy (non-hydrogen) atoms. The predicted molar refractivity (Wildman–Crippen MR) is 75.5 cm³/mol. The molecular formula is C14H27N3O2. The van der Waals surface area contributed by atoms with E-state index in [1.165, 1.54) is 19.3 Å². The molecule has 5 nitrogen and oxygen atoms in total. The average Bonchev–Trinajstić information content (AvgIpc) is 2.38. The Bertz CT molecular complexity index is 299. The summed E-state index contributed by atoms with van der Waals surface area (Å²) in [6, 6.07) is 0.163. The zero-order chi connectivity index (χ0) is 14.3. The first-order valence-corrected chi connectivity index (χ1v) is 7.33. The molecule has 0 aromatic carbocycles. The fourth-order valence-corrected chi connectivity index (χ4v) is 2.25. The van der Waals surface area contributed by atoms with E-state index in [0.717, 1.165) is 12.8 Å². The Kier molecular flexibility index (Phi) is 6.84. The van der Waals surface area contributed by atoms with Gasteiger partial charge >= 0.3 is 0 Å². The lowest BCUT2D eigenvalue weighted by Crippen LogP contribution is -2.41. The number of carbonyl (C=O) groups excluding carboxylic acids is 2. The topological polar surface area (TPSA) is 84.2 Å². The summed E-state index contributed by atoms with van der Waals surface area (Å²) >= 11 is 0. The van der Waals surface area contributed by atoms with E-state index in [-0.39, 0.29) is 23.8 Å². The highest BCUT2D eigenvalue weighted by molar-refractivity contribution is 5.80. The van der Waals surface area contributed by atoms with Crippen molar-refractivity contribution in [3.8, 4) is 0 Å². The van der Waals surface area contributed by atoms with Crippen LogP contribution < -0.4 is 16.4 Å². The second kappa shape index (κ2) is 8.15. The van der Waals surface area contributed by atoms with E-state index in [4.69, 9.17) is 5.73 Å². The molecule has 1 aliphatic carbocycles. The normalized spacial score (nSPS) is 19.5. The van der Waals surface area contributed by atoms with Crippen LogP contribution in [0.3, 0.4) is 0 Å². The van der Waals surface area contributed by atoms with Crippen LogP contribution in [0.15, 0.2) is 0 Å². The number of nitrogens with one attached hydrogen (secondary N) is 2. The van der Waals surface area contributed by atoms with E-state index in [1.807, 2.05) is 0 Å². The molecular weight excluding hydrogens is 242 g/mol. The van der Waals surface area contributed by atoms with Gasteiger partial charge in [0.15, 0.2) is 0 Å². The third kappa shape index (κ3) is 6.05. The number of amides is 2. The second-order valence-electron chi connectivity index (χ2n) is 5.59. The van der Waals surface area contributed by atoms with Gasteiger partial charge in [-0.2, -0.15) is 0 Å². The molecule has 1 fully saturated rings. The summed E-state index contributed by atoms with van der Waals surface area (Å²) in [5.41, 5.74) is 5.65. The molecule has 0 bridgehead atoms. The van der Waals surface area contributed by atoms with E-state index in [1.54, 1.807) is 13.8 Å². The Morgan fingerprint density at radius 2 is 1.84 bits per heavy atom. The minimum absolute atomic E-state index is 0.0284. The van der Waals surface area contributed by atoms with Crippen LogP contribution in [-0.2, 0) is 9.59 Å². The number of hydrogen-bond acceptors (Lipinski definition) is 3. The standard InChI is InChI=1S/C14H27N3O2/c1-10(11(2)15)14(19)16-9-8-13(18)17-12-6-4-3-5-7-12/h10-12H,3-9,15H2,1-2H3,(H,16,19)(H,17,18). The molecule has 0 radical (unpaired) electrons. The van der Waals surface area contributed by atoms with Gasteiger partial charge < -0.3 is 16.4 Å². The van der Waals surface area contributed by atoms with Gasteiger partial charge in [-0.1, -0.05) is 26.2 Å². The molecule has 5 heteroatoms. The summed E-state index contributed by atoms with van der Waals surface area (Å²) in [5.74, 6) is -0.275. The Morgan fingerprint density at radius 1 is 1.21 bits per heavy atom. The van der Waals surface area contributed by atoms with Gasteiger partial charge in [0, 0.05) is 31.0 Å². The lowest BCUT2D eigenvalue weighted by molar-refractivity contribution is -0.125. The molecule has 0 aromatic rings. The zero-order valence-electron chi connectivity index (χ0n) is 12.1. The minimum atomic E-state index is -0.221. The van der Waals surface area contributed by atoms with Crippen molar-refractivity contribution in [2.24, 2.45) is 11.7 Å². The van der Waals surface area contributed by atoms with Gasteiger partial charge in [-0.15, -0.1) is 0 Å². The van der Waals surface area contributed by atoms with Gasteiger partial charge in [-0.05, 0) is 19.8 Å². The Labute approximate surface area is 115 Å². The van der Waals surface area contributed by atoms with Gasteiger partial charge in [0.25, 0.3) is 0 Å². The fraction of sp³-hybridized carbons (Fsp3) is 0.857. The van der Waals surface area contributed by atoms with Crippen LogP contribution in [-0.4, -0.2) is 30.4 Å². The van der Waals surface area contributed by atoms with E-state index >= 15 is 0 Å². The second-order valence-corrected chi connectivity index (χ2v) is 5.59. The predicted octanol–water partition coefficient (Wildman–Crippen LogP) is 0.925. The Hall–Kier alpha value is -1.10. The SMILES string of the molecule is CC(N)C(C)C(=O)NCCC(=O)NC1CCCCC1. The monoisotopic (exact) mass is 269 g/mol. The molecule has 2 unspecified atom stereocenters. The average molecular weight is 269 g/mol. The molecule has 2 amide bonds. The van der Waals surface area contributed by atoms with Crippen molar-refractivity contribution < 1.29 is 9.59 Å². The number of carbonyl (C=O) groups is 2. The maximum atomic E-state index is 11.7. The highest BCUT2D eigenvalue weighted by Gasteiger charge is 2.18. The number of rotatable bonds is 6. The van der Waals surface area contributed by atoms with Crippen LogP contribution in [0.2, 0.25) is 0 Å². The highest BCUT2D eigenvalue weighted by Crippen LogP contribution is 2.17. The van der Waals surface area contributed by atoms with Crippen LogP contribution >= 0.6 is 0 Å². The third-order valence-corrected chi connectivity index (χ3v) is 3.82. The van der Waals surface area contributed by atoms with Crippen LogP contribution in [0.25, 0.3) is 0 Å². The fourth-order valence-electron chi connectivity index (χ4n) is 2.25. The lowest BCUT2D eigenvalue weighted by atomic mass is 9.95. The maximum Gasteiger partial charge on any atom is 0.224 e. The molecule has 0 heterocycles. The largest absolute Gasteiger partial charge is 0.355 e. The first-order chi connectivity index (χ1) is 9.00. The minimum Gasteiger partial charge on any atom is -0.355 e. The summed E-state index contributed by atoms with van der Waals surface area (Å²) in [5, 5.41) is 5.78. The van der Waals surface area contributed by atoms with Gasteiger partial charge in [0.1, 0.15) is 0 Å². The van der Waals surface area contributed by atoms with Crippen molar-refractivity contribution in [1.82, 2.24) is 10.6 Å². The molecule has 0 aliphatic heterocycles. The Balaban J connectivity index is 2.14. The van der Waals surface area contributed by atoms with E-state index < -0.39 is 0 Å². The molecule has 1 rings (SSSR count). The van der Waals surface area contributed by atoms with Gasteiger partial charge in [0.2, 0.25) is 11.8 Å². The van der Waals surface area contributed by atoms with E-state index in [2.05, 4.69) is 10.6 Å². The molecule has 110 valence electrons. The van der Waals surface area contributed by atoms with Crippen molar-refractivity contribution >= 4 is 11.8 Å². The zero-order valence-corrected chi connectivity index (χ0v) is 12.1.